The molecule has 1 aliphatic rings. The molecular formula is C17H15ClN2O2S. The van der Waals surface area contributed by atoms with Crippen molar-refractivity contribution in [1.82, 2.24) is 4.72 Å². The van der Waals surface area contributed by atoms with E-state index in [1.54, 1.807) is 31.2 Å². The molecule has 1 heterocycles. The Balaban J connectivity index is 1.97. The van der Waals surface area contributed by atoms with Gasteiger partial charge in [-0.15, -0.1) is 0 Å². The fourth-order valence-corrected chi connectivity index (χ4v) is 4.09. The molecule has 4 nitrogen and oxygen atoms in total. The molecule has 0 unspecified atom stereocenters. The number of hydrogen-bond acceptors (Lipinski definition) is 3. The number of nitrogens with one attached hydrogen (secondary N) is 1. The second kappa shape index (κ2) is 6.18. The van der Waals surface area contributed by atoms with Gasteiger partial charge in [-0.2, -0.15) is 0 Å². The summed E-state index contributed by atoms with van der Waals surface area (Å²) in [7, 11) is -3.60. The number of aliphatic imine (C=N–C) groups is 1. The van der Waals surface area contributed by atoms with Crippen molar-refractivity contribution in [2.45, 2.75) is 13.5 Å². The maximum Gasteiger partial charge on any atom is 0.264 e. The zero-order chi connectivity index (χ0) is 16.4. The van der Waals surface area contributed by atoms with Gasteiger partial charge in [0, 0.05) is 10.6 Å². The summed E-state index contributed by atoms with van der Waals surface area (Å²) in [6, 6.07) is 16.4. The molecule has 1 aliphatic heterocycles. The highest BCUT2D eigenvalue weighted by atomic mass is 35.5. The van der Waals surface area contributed by atoms with Gasteiger partial charge in [0.25, 0.3) is 10.0 Å². The smallest absolute Gasteiger partial charge is 0.263 e. The fourth-order valence-electron chi connectivity index (χ4n) is 2.44. The highest BCUT2D eigenvalue weighted by Gasteiger charge is 2.32. The van der Waals surface area contributed by atoms with Crippen LogP contribution in [0.15, 0.2) is 65.2 Å². The van der Waals surface area contributed by atoms with Crippen LogP contribution in [0.4, 0.5) is 0 Å². The van der Waals surface area contributed by atoms with E-state index in [1.165, 1.54) is 0 Å². The third-order valence-electron chi connectivity index (χ3n) is 3.56. The summed E-state index contributed by atoms with van der Waals surface area (Å²) in [4.78, 5) is 4.66. The molecule has 0 fully saturated rings. The Morgan fingerprint density at radius 2 is 1.70 bits per heavy atom. The predicted octanol–water partition coefficient (Wildman–Crippen LogP) is 3.60. The number of benzene rings is 2. The molecule has 6 heteroatoms. The van der Waals surface area contributed by atoms with E-state index in [0.29, 0.717) is 28.5 Å². The first-order valence-corrected chi connectivity index (χ1v) is 8.92. The minimum Gasteiger partial charge on any atom is -0.263 e. The first-order chi connectivity index (χ1) is 11.0. The number of nitrogens with zero attached hydrogens (tertiary/aromatic N) is 1. The van der Waals surface area contributed by atoms with Gasteiger partial charge in [0.1, 0.15) is 10.7 Å². The average Bonchev–Trinajstić information content (AvgIpc) is 2.77. The van der Waals surface area contributed by atoms with Crippen molar-refractivity contribution in [3.63, 3.8) is 0 Å². The normalized spacial score (nSPS) is 18.3. The molecule has 0 atom stereocenters. The van der Waals surface area contributed by atoms with Gasteiger partial charge in [0.2, 0.25) is 0 Å². The minimum atomic E-state index is -3.60. The van der Waals surface area contributed by atoms with E-state index >= 15 is 0 Å². The van der Waals surface area contributed by atoms with Gasteiger partial charge in [-0.3, -0.25) is 9.71 Å². The summed E-state index contributed by atoms with van der Waals surface area (Å²) < 4.78 is 27.3. The maximum atomic E-state index is 12.4. The number of hydrogen-bond donors (Lipinski definition) is 1. The van der Waals surface area contributed by atoms with Gasteiger partial charge in [-0.25, -0.2) is 8.42 Å². The average molecular weight is 347 g/mol. The van der Waals surface area contributed by atoms with Crippen LogP contribution in [0.2, 0.25) is 5.02 Å². The molecule has 2 aromatic carbocycles. The Morgan fingerprint density at radius 3 is 2.35 bits per heavy atom. The lowest BCUT2D eigenvalue weighted by molar-refractivity contribution is 0.603. The van der Waals surface area contributed by atoms with Crippen LogP contribution in [0.5, 0.6) is 0 Å². The lowest BCUT2D eigenvalue weighted by Gasteiger charge is -2.02. The number of sulfonamides is 1. The van der Waals surface area contributed by atoms with E-state index < -0.39 is 10.0 Å². The first-order valence-electron chi connectivity index (χ1n) is 7.06. The van der Waals surface area contributed by atoms with E-state index in [0.717, 1.165) is 5.56 Å². The molecule has 3 rings (SSSR count). The number of halogens is 1. The van der Waals surface area contributed by atoms with Crippen molar-refractivity contribution in [3.8, 4) is 0 Å². The molecule has 0 saturated carbocycles. The Labute approximate surface area is 140 Å². The van der Waals surface area contributed by atoms with Crippen molar-refractivity contribution in [3.05, 3.63) is 76.3 Å². The Bertz CT molecular complexity index is 886. The van der Waals surface area contributed by atoms with Crippen LogP contribution in [0, 0.1) is 0 Å². The molecule has 0 radical (unpaired) electrons. The lowest BCUT2D eigenvalue weighted by atomic mass is 10.1. The van der Waals surface area contributed by atoms with Crippen molar-refractivity contribution in [2.75, 3.05) is 0 Å². The summed E-state index contributed by atoms with van der Waals surface area (Å²) in [5.74, 6) is 0.388. The number of amidine groups is 1. The van der Waals surface area contributed by atoms with E-state index in [1.807, 2.05) is 30.3 Å². The summed E-state index contributed by atoms with van der Waals surface area (Å²) >= 11 is 5.87. The topological polar surface area (TPSA) is 58.5 Å². The quantitative estimate of drug-likeness (QED) is 0.923. The van der Waals surface area contributed by atoms with E-state index in [9.17, 15) is 8.42 Å². The van der Waals surface area contributed by atoms with Crippen LogP contribution in [-0.4, -0.2) is 14.3 Å². The maximum absolute atomic E-state index is 12.4. The van der Waals surface area contributed by atoms with Gasteiger partial charge in [-0.1, -0.05) is 54.1 Å². The second-order valence-corrected chi connectivity index (χ2v) is 7.27. The van der Waals surface area contributed by atoms with Crippen LogP contribution >= 0.6 is 11.6 Å². The van der Waals surface area contributed by atoms with E-state index in [2.05, 4.69) is 9.71 Å². The Morgan fingerprint density at radius 1 is 1.04 bits per heavy atom. The molecule has 23 heavy (non-hydrogen) atoms. The van der Waals surface area contributed by atoms with Crippen LogP contribution in [0.25, 0.3) is 4.91 Å². The Kier molecular flexibility index (Phi) is 4.24. The molecule has 0 spiro atoms. The first kappa shape index (κ1) is 15.8. The van der Waals surface area contributed by atoms with Crippen molar-refractivity contribution in [2.24, 2.45) is 4.99 Å². The molecule has 118 valence electrons. The van der Waals surface area contributed by atoms with Gasteiger partial charge >= 0.3 is 0 Å². The van der Waals surface area contributed by atoms with Crippen LogP contribution in [-0.2, 0) is 16.6 Å². The third kappa shape index (κ3) is 3.30. The second-order valence-electron chi connectivity index (χ2n) is 5.22. The molecule has 0 bridgehead atoms. The zero-order valence-corrected chi connectivity index (χ0v) is 14.0. The van der Waals surface area contributed by atoms with Gasteiger partial charge in [-0.05, 0) is 30.2 Å². The zero-order valence-electron chi connectivity index (χ0n) is 12.5. The fraction of sp³-hybridized carbons (Fsp3) is 0.118. The standard InChI is InChI=1S/C17H15ClN2O2S/c1-12-16(14-7-9-15(18)10-8-14)23(21,22)20-17(12)19-11-13-5-3-2-4-6-13/h2-10H,11H2,1H3,(H,19,20). The largest absolute Gasteiger partial charge is 0.264 e. The SMILES string of the molecule is CC1=C(c2ccc(Cl)cc2)S(=O)(=O)NC1=NCc1ccccc1. The summed E-state index contributed by atoms with van der Waals surface area (Å²) in [5, 5.41) is 0.563. The molecule has 2 aromatic rings. The molecule has 0 aliphatic carbocycles. The van der Waals surface area contributed by atoms with Crippen molar-refractivity contribution >= 4 is 32.4 Å². The van der Waals surface area contributed by atoms with Crippen LogP contribution in [0.1, 0.15) is 18.1 Å². The molecule has 0 amide bonds. The van der Waals surface area contributed by atoms with Gasteiger partial charge in [0.05, 0.1) is 6.54 Å². The molecular weight excluding hydrogens is 332 g/mol. The summed E-state index contributed by atoms with van der Waals surface area (Å²) in [6.45, 7) is 2.18. The lowest BCUT2D eigenvalue weighted by Crippen LogP contribution is -2.23. The summed E-state index contributed by atoms with van der Waals surface area (Å²) in [5.41, 5.74) is 2.24. The predicted molar refractivity (Wildman–Crippen MR) is 93.7 cm³/mol. The molecule has 0 saturated heterocycles. The van der Waals surface area contributed by atoms with Crippen molar-refractivity contribution in [1.29, 1.82) is 0 Å². The molecule has 0 aromatic heterocycles. The van der Waals surface area contributed by atoms with Crippen molar-refractivity contribution < 1.29 is 8.42 Å². The molecule has 1 N–H and O–H groups in total. The summed E-state index contributed by atoms with van der Waals surface area (Å²) in [6.07, 6.45) is 0. The van der Waals surface area contributed by atoms with Gasteiger partial charge in [0.15, 0.2) is 0 Å². The third-order valence-corrected chi connectivity index (χ3v) is 5.36. The number of rotatable bonds is 3. The van der Waals surface area contributed by atoms with Gasteiger partial charge < -0.3 is 0 Å². The van der Waals surface area contributed by atoms with E-state index in [-0.39, 0.29) is 4.91 Å². The monoisotopic (exact) mass is 346 g/mol. The van der Waals surface area contributed by atoms with E-state index in [4.69, 9.17) is 11.6 Å². The minimum absolute atomic E-state index is 0.251. The highest BCUT2D eigenvalue weighted by Crippen LogP contribution is 2.30. The van der Waals surface area contributed by atoms with Crippen LogP contribution < -0.4 is 4.72 Å². The Hall–Kier alpha value is -2.11. The van der Waals surface area contributed by atoms with Crippen LogP contribution in [0.3, 0.4) is 0 Å². The highest BCUT2D eigenvalue weighted by molar-refractivity contribution is 8.00.